The maximum Gasteiger partial charge on any atom is 0.263 e. The van der Waals surface area contributed by atoms with Crippen molar-refractivity contribution in [1.82, 2.24) is 20.2 Å². The number of carbonyl (C=O) groups excluding carboxylic acids is 4. The lowest BCUT2D eigenvalue weighted by Crippen LogP contribution is -2.56. The number of likely N-dealkylation sites (tertiary alicyclic amines) is 1. The Kier molecular flexibility index (Phi) is 10.8. The molecule has 2 heterocycles. The number of piperidine rings is 1. The first-order valence-corrected chi connectivity index (χ1v) is 14.3. The van der Waals surface area contributed by atoms with Crippen molar-refractivity contribution in [1.29, 1.82) is 0 Å². The fraction of sp³-hybridized carbons (Fsp3) is 0.692. The minimum Gasteiger partial charge on any atom is -0.344 e. The summed E-state index contributed by atoms with van der Waals surface area (Å²) in [5.41, 5.74) is 0. The number of hydrogen-bond donors (Lipinski definition) is 2. The SMILES string of the molecule is CC(C)[C@H](NC(=O)[C@H](CC1CCCC1)CN(O)C=O)C(=O)N(C)C1CCN(C(=O)c2ccc(Cl)s2)CC1. The molecule has 2 aliphatic rings. The molecule has 206 valence electrons. The van der Waals surface area contributed by atoms with E-state index < -0.39 is 12.0 Å². The summed E-state index contributed by atoms with van der Waals surface area (Å²) >= 11 is 7.23. The zero-order valence-electron chi connectivity index (χ0n) is 21.9. The summed E-state index contributed by atoms with van der Waals surface area (Å²) < 4.78 is 0.577. The van der Waals surface area contributed by atoms with E-state index in [1.807, 2.05) is 13.8 Å². The van der Waals surface area contributed by atoms with Crippen LogP contribution in [0.2, 0.25) is 4.34 Å². The summed E-state index contributed by atoms with van der Waals surface area (Å²) in [5.74, 6) is -0.884. The Bertz CT molecular complexity index is 943. The molecule has 37 heavy (non-hydrogen) atoms. The summed E-state index contributed by atoms with van der Waals surface area (Å²) in [5, 5.41) is 13.2. The van der Waals surface area contributed by atoms with Gasteiger partial charge < -0.3 is 15.1 Å². The molecule has 1 saturated heterocycles. The quantitative estimate of drug-likeness (QED) is 0.246. The van der Waals surface area contributed by atoms with Crippen LogP contribution in [0.3, 0.4) is 0 Å². The number of nitrogens with one attached hydrogen (secondary N) is 1. The van der Waals surface area contributed by atoms with Crippen molar-refractivity contribution in [2.24, 2.45) is 17.8 Å². The second-order valence-electron chi connectivity index (χ2n) is 10.6. The Morgan fingerprint density at radius 3 is 2.38 bits per heavy atom. The van der Waals surface area contributed by atoms with Crippen LogP contribution in [0.25, 0.3) is 0 Å². The molecule has 11 heteroatoms. The molecule has 2 fully saturated rings. The highest BCUT2D eigenvalue weighted by molar-refractivity contribution is 7.17. The lowest BCUT2D eigenvalue weighted by atomic mass is 9.91. The van der Waals surface area contributed by atoms with Gasteiger partial charge >= 0.3 is 0 Å². The first-order chi connectivity index (χ1) is 17.6. The van der Waals surface area contributed by atoms with Crippen LogP contribution in [0.1, 0.15) is 68.5 Å². The summed E-state index contributed by atoms with van der Waals surface area (Å²) in [6.45, 7) is 4.76. The van der Waals surface area contributed by atoms with E-state index in [9.17, 15) is 24.4 Å². The van der Waals surface area contributed by atoms with E-state index in [1.54, 1.807) is 29.0 Å². The van der Waals surface area contributed by atoms with Gasteiger partial charge in [-0.1, -0.05) is 51.1 Å². The molecule has 2 atom stereocenters. The van der Waals surface area contributed by atoms with Crippen molar-refractivity contribution >= 4 is 47.1 Å². The fourth-order valence-electron chi connectivity index (χ4n) is 5.41. The molecule has 1 aromatic rings. The van der Waals surface area contributed by atoms with Crippen LogP contribution in [0.4, 0.5) is 0 Å². The zero-order chi connectivity index (χ0) is 27.1. The molecule has 0 aromatic carbocycles. The normalized spacial score (nSPS) is 18.5. The van der Waals surface area contributed by atoms with Gasteiger partial charge in [0, 0.05) is 26.2 Å². The van der Waals surface area contributed by atoms with Gasteiger partial charge in [-0.3, -0.25) is 24.4 Å². The Balaban J connectivity index is 1.60. The number of halogens is 1. The Hall–Kier alpha value is -2.17. The molecule has 0 bridgehead atoms. The molecular formula is C26H39ClN4O5S. The minimum atomic E-state index is -0.722. The molecule has 1 saturated carbocycles. The van der Waals surface area contributed by atoms with E-state index in [1.165, 1.54) is 11.3 Å². The van der Waals surface area contributed by atoms with E-state index in [2.05, 4.69) is 5.32 Å². The number of carbonyl (C=O) groups is 4. The van der Waals surface area contributed by atoms with Crippen LogP contribution in [0.5, 0.6) is 0 Å². The third-order valence-corrected chi connectivity index (χ3v) is 8.87. The van der Waals surface area contributed by atoms with Gasteiger partial charge in [0.2, 0.25) is 18.2 Å². The number of thiophene rings is 1. The molecule has 3 rings (SSSR count). The minimum absolute atomic E-state index is 0.0427. The van der Waals surface area contributed by atoms with Crippen LogP contribution in [-0.4, -0.2) is 83.0 Å². The van der Waals surface area contributed by atoms with Crippen LogP contribution in [0.15, 0.2) is 12.1 Å². The van der Waals surface area contributed by atoms with Crippen LogP contribution < -0.4 is 5.32 Å². The molecule has 0 unspecified atom stereocenters. The molecule has 1 aromatic heterocycles. The average molecular weight is 555 g/mol. The van der Waals surface area contributed by atoms with E-state index in [4.69, 9.17) is 11.6 Å². The highest BCUT2D eigenvalue weighted by Gasteiger charge is 2.35. The summed E-state index contributed by atoms with van der Waals surface area (Å²) in [7, 11) is 1.75. The number of nitrogens with zero attached hydrogens (tertiary/aromatic N) is 3. The maximum atomic E-state index is 13.5. The molecule has 1 aliphatic heterocycles. The van der Waals surface area contributed by atoms with Crippen molar-refractivity contribution in [3.05, 3.63) is 21.3 Å². The van der Waals surface area contributed by atoms with Gasteiger partial charge in [-0.2, -0.15) is 0 Å². The molecule has 0 spiro atoms. The first-order valence-electron chi connectivity index (χ1n) is 13.1. The molecule has 4 amide bonds. The number of hydrogen-bond acceptors (Lipinski definition) is 6. The third kappa shape index (κ3) is 7.91. The van der Waals surface area contributed by atoms with Crippen molar-refractivity contribution < 1.29 is 24.4 Å². The van der Waals surface area contributed by atoms with Crippen LogP contribution >= 0.6 is 22.9 Å². The van der Waals surface area contributed by atoms with Gasteiger partial charge in [-0.05, 0) is 43.2 Å². The first kappa shape index (κ1) is 29.4. The predicted octanol–water partition coefficient (Wildman–Crippen LogP) is 3.65. The topological polar surface area (TPSA) is 110 Å². The number of amides is 4. The van der Waals surface area contributed by atoms with E-state index >= 15 is 0 Å². The second-order valence-corrected chi connectivity index (χ2v) is 12.3. The van der Waals surface area contributed by atoms with E-state index in [0.29, 0.717) is 59.0 Å². The highest BCUT2D eigenvalue weighted by atomic mass is 35.5. The van der Waals surface area contributed by atoms with Crippen molar-refractivity contribution in [2.75, 3.05) is 26.7 Å². The Morgan fingerprint density at radius 1 is 1.19 bits per heavy atom. The van der Waals surface area contributed by atoms with Crippen molar-refractivity contribution in [2.45, 2.75) is 70.9 Å². The zero-order valence-corrected chi connectivity index (χ0v) is 23.5. The van der Waals surface area contributed by atoms with Crippen molar-refractivity contribution in [3.8, 4) is 0 Å². The molecule has 2 N–H and O–H groups in total. The molecule has 0 radical (unpaired) electrons. The molecule has 1 aliphatic carbocycles. The summed E-state index contributed by atoms with van der Waals surface area (Å²) in [6, 6.07) is 2.69. The van der Waals surface area contributed by atoms with Gasteiger partial charge in [-0.15, -0.1) is 11.3 Å². The summed E-state index contributed by atoms with van der Waals surface area (Å²) in [6.07, 6.45) is 6.49. The number of hydroxylamine groups is 2. The number of likely N-dealkylation sites (N-methyl/N-ethyl adjacent to an activating group) is 1. The highest BCUT2D eigenvalue weighted by Crippen LogP contribution is 2.31. The van der Waals surface area contributed by atoms with Crippen molar-refractivity contribution in [3.63, 3.8) is 0 Å². The fourth-order valence-corrected chi connectivity index (χ4v) is 6.42. The molecule has 9 nitrogen and oxygen atoms in total. The lowest BCUT2D eigenvalue weighted by molar-refractivity contribution is -0.155. The van der Waals surface area contributed by atoms with Crippen LogP contribution in [0, 0.1) is 17.8 Å². The third-order valence-electron chi connectivity index (χ3n) is 7.65. The van der Waals surface area contributed by atoms with Gasteiger partial charge in [0.15, 0.2) is 0 Å². The van der Waals surface area contributed by atoms with Gasteiger partial charge in [0.1, 0.15) is 6.04 Å². The maximum absolute atomic E-state index is 13.5. The Morgan fingerprint density at radius 2 is 1.84 bits per heavy atom. The van der Waals surface area contributed by atoms with E-state index in [0.717, 1.165) is 25.7 Å². The smallest absolute Gasteiger partial charge is 0.263 e. The molecular weight excluding hydrogens is 516 g/mol. The second kappa shape index (κ2) is 13.6. The Labute approximate surface area is 228 Å². The number of rotatable bonds is 11. The van der Waals surface area contributed by atoms with Crippen LogP contribution in [-0.2, 0) is 14.4 Å². The summed E-state index contributed by atoms with van der Waals surface area (Å²) in [4.78, 5) is 54.6. The van der Waals surface area contributed by atoms with Gasteiger partial charge in [0.05, 0.1) is 21.7 Å². The lowest BCUT2D eigenvalue weighted by Gasteiger charge is -2.38. The standard InChI is InChI=1S/C26H39ClN4O5S/c1-17(2)23(28-24(33)19(15-31(36)16-32)14-18-6-4-5-7-18)26(35)29(3)20-10-12-30(13-11-20)25(34)21-8-9-22(27)37-21/h8-9,16-20,23,36H,4-7,10-15H2,1-3H3,(H,28,33)/t19-,23+/m1/s1. The largest absolute Gasteiger partial charge is 0.344 e. The predicted molar refractivity (Wildman–Crippen MR) is 142 cm³/mol. The van der Waals surface area contributed by atoms with Gasteiger partial charge in [-0.25, -0.2) is 5.06 Å². The monoisotopic (exact) mass is 554 g/mol. The average Bonchev–Trinajstić information content (AvgIpc) is 3.57. The van der Waals surface area contributed by atoms with E-state index in [-0.39, 0.29) is 36.2 Å². The van der Waals surface area contributed by atoms with Gasteiger partial charge in [0.25, 0.3) is 5.91 Å².